The molecule has 1 aromatic carbocycles. The molecule has 102 valence electrons. The van der Waals surface area contributed by atoms with E-state index >= 15 is 0 Å². The highest BCUT2D eigenvalue weighted by Gasteiger charge is 2.31. The molecular formula is C15H10F3NO. The van der Waals surface area contributed by atoms with Crippen molar-refractivity contribution in [1.82, 2.24) is 0 Å². The predicted molar refractivity (Wildman–Crippen MR) is 70.4 cm³/mol. The normalized spacial score (nSPS) is 17.2. The highest BCUT2D eigenvalue weighted by atomic mass is 19.4. The molecule has 1 heterocycles. The average Bonchev–Trinajstić information content (AvgIpc) is 2.85. The first-order chi connectivity index (χ1) is 9.51. The minimum atomic E-state index is -4.66. The topological polar surface area (TPSA) is 21.6 Å². The number of alkyl halides is 3. The Labute approximate surface area is 113 Å². The van der Waals surface area contributed by atoms with E-state index in [1.54, 1.807) is 18.3 Å². The van der Waals surface area contributed by atoms with E-state index in [4.69, 9.17) is 0 Å². The van der Waals surface area contributed by atoms with E-state index in [1.807, 2.05) is 18.2 Å². The molecule has 1 aliphatic heterocycles. The summed E-state index contributed by atoms with van der Waals surface area (Å²) < 4.78 is 40.1. The van der Waals surface area contributed by atoms with Gasteiger partial charge in [0.05, 0.1) is 5.71 Å². The van der Waals surface area contributed by atoms with E-state index in [-0.39, 0.29) is 5.75 Å². The largest absolute Gasteiger partial charge is 0.573 e. The first-order valence-corrected chi connectivity index (χ1v) is 6.03. The Morgan fingerprint density at radius 2 is 1.80 bits per heavy atom. The zero-order valence-corrected chi connectivity index (χ0v) is 10.3. The lowest BCUT2D eigenvalue weighted by Gasteiger charge is -2.13. The molecule has 0 aromatic heterocycles. The zero-order valence-electron chi connectivity index (χ0n) is 10.3. The molecule has 1 aliphatic carbocycles. The maximum absolute atomic E-state index is 12.1. The summed E-state index contributed by atoms with van der Waals surface area (Å²) in [6.45, 7) is 0. The Kier molecular flexibility index (Phi) is 2.97. The van der Waals surface area contributed by atoms with Crippen LogP contribution in [0.15, 0.2) is 59.3 Å². The molecule has 0 amide bonds. The molecule has 0 bridgehead atoms. The lowest BCUT2D eigenvalue weighted by molar-refractivity contribution is -0.274. The molecule has 1 aromatic rings. The lowest BCUT2D eigenvalue weighted by Crippen LogP contribution is -2.17. The number of hydrogen-bond donors (Lipinski definition) is 0. The van der Waals surface area contributed by atoms with E-state index in [2.05, 4.69) is 9.73 Å². The second kappa shape index (κ2) is 4.67. The van der Waals surface area contributed by atoms with Crippen molar-refractivity contribution >= 4 is 11.3 Å². The molecule has 0 unspecified atom stereocenters. The van der Waals surface area contributed by atoms with Gasteiger partial charge < -0.3 is 4.74 Å². The molecule has 0 saturated carbocycles. The quantitative estimate of drug-likeness (QED) is 0.791. The standard InChI is InChI=1S/C15H10F3NO/c16-15(17,18)20-13-4-1-10(2-5-13)11-3-6-14-12(9-11)7-8-19-14/h1-5,7-9H,6H2. The summed E-state index contributed by atoms with van der Waals surface area (Å²) in [6.07, 6.45) is 3.73. The van der Waals surface area contributed by atoms with Gasteiger partial charge in [0.15, 0.2) is 0 Å². The number of nitrogens with zero attached hydrogens (tertiary/aromatic N) is 1. The van der Waals surface area contributed by atoms with Gasteiger partial charge in [0, 0.05) is 12.6 Å². The minimum Gasteiger partial charge on any atom is -0.406 e. The van der Waals surface area contributed by atoms with Crippen molar-refractivity contribution in [1.29, 1.82) is 0 Å². The van der Waals surface area contributed by atoms with Gasteiger partial charge in [-0.05, 0) is 41.0 Å². The molecule has 0 atom stereocenters. The molecule has 0 N–H and O–H groups in total. The van der Waals surface area contributed by atoms with Gasteiger partial charge in [-0.25, -0.2) is 0 Å². The smallest absolute Gasteiger partial charge is 0.406 e. The molecule has 5 heteroatoms. The molecule has 0 spiro atoms. The van der Waals surface area contributed by atoms with Gasteiger partial charge in [-0.3, -0.25) is 4.99 Å². The number of allylic oxidation sites excluding steroid dienone is 5. The third-order valence-corrected chi connectivity index (χ3v) is 3.07. The number of fused-ring (bicyclic) bond motifs is 1. The van der Waals surface area contributed by atoms with E-state index in [0.717, 1.165) is 28.8 Å². The summed E-state index contributed by atoms with van der Waals surface area (Å²) in [5.41, 5.74) is 3.90. The summed E-state index contributed by atoms with van der Waals surface area (Å²) in [5, 5.41) is 0. The summed E-state index contributed by atoms with van der Waals surface area (Å²) in [4.78, 5) is 4.22. The number of halogens is 3. The summed E-state index contributed by atoms with van der Waals surface area (Å²) in [6, 6.07) is 5.86. The van der Waals surface area contributed by atoms with Gasteiger partial charge in [-0.2, -0.15) is 0 Å². The van der Waals surface area contributed by atoms with Crippen molar-refractivity contribution in [3.8, 4) is 5.75 Å². The van der Waals surface area contributed by atoms with Crippen LogP contribution in [0.4, 0.5) is 13.2 Å². The average molecular weight is 277 g/mol. The van der Waals surface area contributed by atoms with Crippen LogP contribution in [0.3, 0.4) is 0 Å². The van der Waals surface area contributed by atoms with Crippen LogP contribution in [0.25, 0.3) is 5.57 Å². The number of aliphatic imine (C=N–C) groups is 1. The van der Waals surface area contributed by atoms with E-state index < -0.39 is 6.36 Å². The first-order valence-electron chi connectivity index (χ1n) is 6.03. The Morgan fingerprint density at radius 3 is 2.50 bits per heavy atom. The fourth-order valence-corrected chi connectivity index (χ4v) is 2.16. The van der Waals surface area contributed by atoms with Crippen LogP contribution in [0, 0.1) is 0 Å². The van der Waals surface area contributed by atoms with Crippen LogP contribution in [-0.2, 0) is 0 Å². The van der Waals surface area contributed by atoms with Crippen LogP contribution in [0.1, 0.15) is 12.0 Å². The second-order valence-electron chi connectivity index (χ2n) is 4.43. The fraction of sp³-hybridized carbons (Fsp3) is 0.133. The van der Waals surface area contributed by atoms with E-state index in [1.165, 1.54) is 12.1 Å². The Hall–Kier alpha value is -2.30. The molecule has 2 nitrogen and oxygen atoms in total. The van der Waals surface area contributed by atoms with Crippen molar-refractivity contribution in [3.63, 3.8) is 0 Å². The van der Waals surface area contributed by atoms with Gasteiger partial charge in [0.25, 0.3) is 0 Å². The van der Waals surface area contributed by atoms with Crippen LogP contribution in [0.2, 0.25) is 0 Å². The molecular weight excluding hydrogens is 267 g/mol. The van der Waals surface area contributed by atoms with Gasteiger partial charge in [0.2, 0.25) is 0 Å². The van der Waals surface area contributed by atoms with Crippen LogP contribution in [0.5, 0.6) is 5.75 Å². The molecule has 2 aliphatic rings. The van der Waals surface area contributed by atoms with Crippen LogP contribution < -0.4 is 4.74 Å². The predicted octanol–water partition coefficient (Wildman–Crippen LogP) is 4.27. The zero-order chi connectivity index (χ0) is 14.2. The molecule has 0 saturated heterocycles. The van der Waals surface area contributed by atoms with Crippen molar-refractivity contribution in [2.45, 2.75) is 12.8 Å². The molecule has 3 rings (SSSR count). The monoisotopic (exact) mass is 277 g/mol. The third kappa shape index (κ3) is 2.66. The van der Waals surface area contributed by atoms with Crippen LogP contribution >= 0.6 is 0 Å². The van der Waals surface area contributed by atoms with Crippen molar-refractivity contribution in [3.05, 3.63) is 59.8 Å². The van der Waals surface area contributed by atoms with Gasteiger partial charge >= 0.3 is 6.36 Å². The number of hydrogen-bond acceptors (Lipinski definition) is 2. The Bertz CT molecular complexity index is 649. The lowest BCUT2D eigenvalue weighted by atomic mass is 9.94. The van der Waals surface area contributed by atoms with Gasteiger partial charge in [0.1, 0.15) is 5.75 Å². The van der Waals surface area contributed by atoms with Crippen molar-refractivity contribution < 1.29 is 17.9 Å². The Balaban J connectivity index is 1.81. The molecule has 20 heavy (non-hydrogen) atoms. The maximum Gasteiger partial charge on any atom is 0.573 e. The van der Waals surface area contributed by atoms with E-state index in [0.29, 0.717) is 0 Å². The number of benzene rings is 1. The first kappa shape index (κ1) is 12.7. The van der Waals surface area contributed by atoms with Crippen LogP contribution in [-0.4, -0.2) is 12.1 Å². The molecule has 0 fully saturated rings. The fourth-order valence-electron chi connectivity index (χ4n) is 2.16. The maximum atomic E-state index is 12.1. The third-order valence-electron chi connectivity index (χ3n) is 3.07. The summed E-state index contributed by atoms with van der Waals surface area (Å²) >= 11 is 0. The van der Waals surface area contributed by atoms with Crippen molar-refractivity contribution in [2.24, 2.45) is 4.99 Å². The Morgan fingerprint density at radius 1 is 1.05 bits per heavy atom. The highest BCUT2D eigenvalue weighted by molar-refractivity contribution is 6.10. The molecule has 0 radical (unpaired) electrons. The second-order valence-corrected chi connectivity index (χ2v) is 4.43. The highest BCUT2D eigenvalue weighted by Crippen LogP contribution is 2.29. The number of ether oxygens (including phenoxy) is 1. The SMILES string of the molecule is FC(F)(F)Oc1ccc(C2=CCC3=NC=CC3=C2)cc1. The van der Waals surface area contributed by atoms with Gasteiger partial charge in [-0.1, -0.05) is 18.2 Å². The minimum absolute atomic E-state index is 0.215. The van der Waals surface area contributed by atoms with Crippen molar-refractivity contribution in [2.75, 3.05) is 0 Å². The summed E-state index contributed by atoms with van der Waals surface area (Å²) in [7, 11) is 0. The van der Waals surface area contributed by atoms with Gasteiger partial charge in [-0.15, -0.1) is 13.2 Å². The number of rotatable bonds is 2. The summed E-state index contributed by atoms with van der Waals surface area (Å²) in [5.74, 6) is -0.215. The van der Waals surface area contributed by atoms with E-state index in [9.17, 15) is 13.2 Å².